The summed E-state index contributed by atoms with van der Waals surface area (Å²) in [6.45, 7) is 6.27. The van der Waals surface area contributed by atoms with Crippen molar-refractivity contribution >= 4 is 21.9 Å². The summed E-state index contributed by atoms with van der Waals surface area (Å²) in [6, 6.07) is 13.1. The minimum absolute atomic E-state index is 0.375. The second-order valence-corrected chi connectivity index (χ2v) is 6.81. The van der Waals surface area contributed by atoms with Crippen LogP contribution in [0, 0.1) is 6.92 Å². The van der Waals surface area contributed by atoms with E-state index in [2.05, 4.69) is 19.9 Å². The second kappa shape index (κ2) is 6.06. The topological polar surface area (TPSA) is 52.6 Å². The second-order valence-electron chi connectivity index (χ2n) is 6.81. The maximum Gasteiger partial charge on any atom is 0.336 e. The van der Waals surface area contributed by atoms with Crippen LogP contribution in [0.15, 0.2) is 56.1 Å². The lowest BCUT2D eigenvalue weighted by Crippen LogP contribution is -1.99. The minimum atomic E-state index is -0.387. The molecule has 0 atom stereocenters. The molecule has 4 heteroatoms. The highest BCUT2D eigenvalue weighted by molar-refractivity contribution is 5.97. The van der Waals surface area contributed by atoms with Crippen LogP contribution in [-0.4, -0.2) is 7.11 Å². The largest absolute Gasteiger partial charge is 0.497 e. The summed E-state index contributed by atoms with van der Waals surface area (Å²) in [6.07, 6.45) is 0. The first-order chi connectivity index (χ1) is 12.5. The van der Waals surface area contributed by atoms with Crippen LogP contribution in [0.5, 0.6) is 5.75 Å². The minimum Gasteiger partial charge on any atom is -0.497 e. The van der Waals surface area contributed by atoms with E-state index in [0.717, 1.165) is 33.2 Å². The zero-order chi connectivity index (χ0) is 18.4. The quantitative estimate of drug-likeness (QED) is 0.449. The van der Waals surface area contributed by atoms with Crippen molar-refractivity contribution in [3.63, 3.8) is 0 Å². The summed E-state index contributed by atoms with van der Waals surface area (Å²) < 4.78 is 16.8. The Labute approximate surface area is 151 Å². The van der Waals surface area contributed by atoms with Crippen LogP contribution in [0.3, 0.4) is 0 Å². The molecular weight excluding hydrogens is 328 g/mol. The Morgan fingerprint density at radius 3 is 2.38 bits per heavy atom. The lowest BCUT2D eigenvalue weighted by Gasteiger charge is -2.09. The third kappa shape index (κ3) is 2.58. The van der Waals surface area contributed by atoms with Crippen LogP contribution < -0.4 is 10.4 Å². The molecular formula is C22H20O4. The van der Waals surface area contributed by atoms with Crippen LogP contribution in [0.25, 0.3) is 33.3 Å². The predicted octanol–water partition coefficient (Wildman–Crippen LogP) is 5.65. The highest BCUT2D eigenvalue weighted by Crippen LogP contribution is 2.38. The van der Waals surface area contributed by atoms with Crippen LogP contribution in [-0.2, 0) is 0 Å². The van der Waals surface area contributed by atoms with Crippen LogP contribution in [0.4, 0.5) is 0 Å². The fourth-order valence-electron chi connectivity index (χ4n) is 3.31. The van der Waals surface area contributed by atoms with Gasteiger partial charge in [-0.25, -0.2) is 4.79 Å². The van der Waals surface area contributed by atoms with Crippen molar-refractivity contribution in [1.29, 1.82) is 0 Å². The van der Waals surface area contributed by atoms with Gasteiger partial charge in [-0.15, -0.1) is 0 Å². The van der Waals surface area contributed by atoms with Gasteiger partial charge in [-0.3, -0.25) is 0 Å². The maximum atomic E-state index is 12.1. The molecule has 4 nitrogen and oxygen atoms in total. The molecule has 2 aromatic carbocycles. The van der Waals surface area contributed by atoms with Gasteiger partial charge >= 0.3 is 5.63 Å². The number of ether oxygens (including phenoxy) is 1. The lowest BCUT2D eigenvalue weighted by molar-refractivity contribution is 0.415. The van der Waals surface area contributed by atoms with E-state index in [1.54, 1.807) is 7.11 Å². The zero-order valence-corrected chi connectivity index (χ0v) is 15.3. The summed E-state index contributed by atoms with van der Waals surface area (Å²) in [5.74, 6) is 1.83. The van der Waals surface area contributed by atoms with Crippen molar-refractivity contribution in [2.24, 2.45) is 0 Å². The van der Waals surface area contributed by atoms with E-state index < -0.39 is 0 Å². The first-order valence-corrected chi connectivity index (χ1v) is 8.63. The van der Waals surface area contributed by atoms with Gasteiger partial charge in [0.25, 0.3) is 0 Å². The Kier molecular flexibility index (Phi) is 3.83. The molecule has 0 amide bonds. The van der Waals surface area contributed by atoms with Gasteiger partial charge in [0.2, 0.25) is 0 Å². The van der Waals surface area contributed by atoms with E-state index in [-0.39, 0.29) is 5.63 Å². The number of aryl methyl sites for hydroxylation is 1. The summed E-state index contributed by atoms with van der Waals surface area (Å²) in [5.41, 5.74) is 3.85. The molecule has 0 radical (unpaired) electrons. The molecule has 0 N–H and O–H groups in total. The molecule has 0 saturated carbocycles. The van der Waals surface area contributed by atoms with Gasteiger partial charge in [-0.05, 0) is 48.7 Å². The molecule has 0 unspecified atom stereocenters. The number of hydrogen-bond acceptors (Lipinski definition) is 4. The molecule has 2 aromatic heterocycles. The van der Waals surface area contributed by atoms with E-state index in [1.165, 1.54) is 11.6 Å². The number of methoxy groups -OCH3 is 1. The van der Waals surface area contributed by atoms with Crippen LogP contribution in [0.1, 0.15) is 30.9 Å². The average Bonchev–Trinajstić information content (AvgIpc) is 2.96. The third-order valence-electron chi connectivity index (χ3n) is 4.82. The predicted molar refractivity (Wildman–Crippen MR) is 103 cm³/mol. The Morgan fingerprint density at radius 2 is 1.65 bits per heavy atom. The van der Waals surface area contributed by atoms with E-state index in [4.69, 9.17) is 13.6 Å². The van der Waals surface area contributed by atoms with E-state index in [1.807, 2.05) is 37.3 Å². The molecule has 0 fully saturated rings. The normalized spacial score (nSPS) is 11.6. The molecule has 2 heterocycles. The average molecular weight is 348 g/mol. The maximum absolute atomic E-state index is 12.1. The number of rotatable bonds is 3. The molecule has 4 aromatic rings. The number of hydrogen-bond donors (Lipinski definition) is 0. The highest BCUT2D eigenvalue weighted by atomic mass is 16.5. The Morgan fingerprint density at radius 1 is 0.923 bits per heavy atom. The molecule has 0 saturated heterocycles. The van der Waals surface area contributed by atoms with E-state index in [0.29, 0.717) is 17.3 Å². The SMILES string of the molecule is COc1ccc2oc(-c3cc(=O)oc4ccc(C(C)C)cc34)c(C)c2c1. The summed E-state index contributed by atoms with van der Waals surface area (Å²) >= 11 is 0. The number of furan rings is 1. The Bertz CT molecular complexity index is 1180. The zero-order valence-electron chi connectivity index (χ0n) is 15.3. The molecule has 0 aliphatic heterocycles. The molecule has 4 rings (SSSR count). The molecule has 132 valence electrons. The summed E-state index contributed by atoms with van der Waals surface area (Å²) in [7, 11) is 1.64. The van der Waals surface area contributed by atoms with Crippen molar-refractivity contribution in [3.8, 4) is 17.1 Å². The van der Waals surface area contributed by atoms with Gasteiger partial charge in [-0.2, -0.15) is 0 Å². The van der Waals surface area contributed by atoms with Crippen molar-refractivity contribution in [2.75, 3.05) is 7.11 Å². The van der Waals surface area contributed by atoms with Crippen molar-refractivity contribution < 1.29 is 13.6 Å². The van der Waals surface area contributed by atoms with Gasteiger partial charge < -0.3 is 13.6 Å². The highest BCUT2D eigenvalue weighted by Gasteiger charge is 2.18. The first-order valence-electron chi connectivity index (χ1n) is 8.63. The Hall–Kier alpha value is -3.01. The molecule has 0 aliphatic carbocycles. The van der Waals surface area contributed by atoms with Gasteiger partial charge in [0.1, 0.15) is 22.7 Å². The van der Waals surface area contributed by atoms with Gasteiger partial charge in [0.05, 0.1) is 7.11 Å². The van der Waals surface area contributed by atoms with E-state index in [9.17, 15) is 4.79 Å². The molecule has 26 heavy (non-hydrogen) atoms. The van der Waals surface area contributed by atoms with E-state index >= 15 is 0 Å². The summed E-state index contributed by atoms with van der Waals surface area (Å²) in [5, 5.41) is 1.85. The van der Waals surface area contributed by atoms with Gasteiger partial charge in [-0.1, -0.05) is 19.9 Å². The number of fused-ring (bicyclic) bond motifs is 2. The fraction of sp³-hybridized carbons (Fsp3) is 0.227. The standard InChI is InChI=1S/C22H20O4/c1-12(2)14-5-7-20-17(9-14)18(11-21(23)25-20)22-13(3)16-10-15(24-4)6-8-19(16)26-22/h5-12H,1-4H3. The van der Waals surface area contributed by atoms with Crippen molar-refractivity contribution in [2.45, 2.75) is 26.7 Å². The van der Waals surface area contributed by atoms with Gasteiger partial charge in [0.15, 0.2) is 0 Å². The van der Waals surface area contributed by atoms with Crippen molar-refractivity contribution in [1.82, 2.24) is 0 Å². The third-order valence-corrected chi connectivity index (χ3v) is 4.82. The molecule has 0 bridgehead atoms. The monoisotopic (exact) mass is 348 g/mol. The fourth-order valence-corrected chi connectivity index (χ4v) is 3.31. The Balaban J connectivity index is 2.04. The van der Waals surface area contributed by atoms with Crippen LogP contribution in [0.2, 0.25) is 0 Å². The van der Waals surface area contributed by atoms with Crippen LogP contribution >= 0.6 is 0 Å². The first kappa shape index (κ1) is 16.5. The van der Waals surface area contributed by atoms with Gasteiger partial charge in [0, 0.05) is 28.0 Å². The number of benzene rings is 2. The van der Waals surface area contributed by atoms with Crippen molar-refractivity contribution in [3.05, 3.63) is 64.0 Å². The molecule has 0 spiro atoms. The molecule has 0 aliphatic rings. The summed E-state index contributed by atoms with van der Waals surface area (Å²) in [4.78, 5) is 12.1. The smallest absolute Gasteiger partial charge is 0.336 e. The lowest BCUT2D eigenvalue weighted by atomic mass is 9.98.